The van der Waals surface area contributed by atoms with Gasteiger partial charge in [0.15, 0.2) is 0 Å². The summed E-state index contributed by atoms with van der Waals surface area (Å²) in [5.74, 6) is 4.24. The number of alkyl halides is 3. The zero-order valence-electron chi connectivity index (χ0n) is 17.0. The predicted octanol–water partition coefficient (Wildman–Crippen LogP) is 2.73. The van der Waals surface area contributed by atoms with Gasteiger partial charge >= 0.3 is 6.18 Å². The van der Waals surface area contributed by atoms with Crippen LogP contribution in [0.1, 0.15) is 34.3 Å². The van der Waals surface area contributed by atoms with Crippen molar-refractivity contribution in [3.63, 3.8) is 0 Å². The van der Waals surface area contributed by atoms with Crippen molar-refractivity contribution in [1.29, 1.82) is 0 Å². The Balaban J connectivity index is 1.44. The molecule has 0 aliphatic carbocycles. The van der Waals surface area contributed by atoms with E-state index in [4.69, 9.17) is 0 Å². The summed E-state index contributed by atoms with van der Waals surface area (Å²) in [6.45, 7) is 0.293. The lowest BCUT2D eigenvalue weighted by Gasteiger charge is -2.15. The number of amides is 3. The lowest BCUT2D eigenvalue weighted by molar-refractivity contribution is -0.137. The molecule has 0 unspecified atom stereocenters. The van der Waals surface area contributed by atoms with E-state index in [1.165, 1.54) is 12.1 Å². The van der Waals surface area contributed by atoms with Crippen molar-refractivity contribution >= 4 is 23.4 Å². The number of halogens is 3. The van der Waals surface area contributed by atoms with Crippen molar-refractivity contribution in [3.8, 4) is 11.8 Å². The van der Waals surface area contributed by atoms with Crippen molar-refractivity contribution in [2.75, 3.05) is 24.5 Å². The number of benzene rings is 2. The second kappa shape index (κ2) is 10.0. The molecule has 0 bridgehead atoms. The molecular formula is C23H20F3N3O3. The van der Waals surface area contributed by atoms with Crippen LogP contribution < -0.4 is 15.5 Å². The highest BCUT2D eigenvalue weighted by Crippen LogP contribution is 2.29. The smallest absolute Gasteiger partial charge is 0.344 e. The van der Waals surface area contributed by atoms with E-state index in [2.05, 4.69) is 22.5 Å². The van der Waals surface area contributed by atoms with Gasteiger partial charge in [-0.05, 0) is 48.9 Å². The number of carbonyl (C=O) groups excluding carboxylic acids is 3. The Kier molecular flexibility index (Phi) is 7.15. The van der Waals surface area contributed by atoms with Crippen LogP contribution in [0.4, 0.5) is 18.9 Å². The Bertz CT molecular complexity index is 1070. The third-order valence-electron chi connectivity index (χ3n) is 4.72. The maximum atomic E-state index is 12.7. The molecule has 1 saturated heterocycles. The van der Waals surface area contributed by atoms with Crippen molar-refractivity contribution in [1.82, 2.24) is 10.6 Å². The van der Waals surface area contributed by atoms with Crippen LogP contribution >= 0.6 is 0 Å². The van der Waals surface area contributed by atoms with Gasteiger partial charge in [0.25, 0.3) is 5.91 Å². The molecule has 2 aromatic rings. The fourth-order valence-electron chi connectivity index (χ4n) is 3.10. The van der Waals surface area contributed by atoms with Gasteiger partial charge in [0, 0.05) is 29.8 Å². The first-order valence-electron chi connectivity index (χ1n) is 9.85. The molecular weight excluding hydrogens is 423 g/mol. The standard InChI is InChI=1S/C23H20F3N3O3/c24-23(25,26)18-6-1-4-16(14-18)5-2-12-27-20(30)15-28-22(32)17-8-10-19(11-9-17)29-13-3-7-21(29)31/h1,4,6,8-11,14H,3,7,12-13,15H2,(H,27,30)(H,28,32). The zero-order chi connectivity index (χ0) is 23.1. The monoisotopic (exact) mass is 443 g/mol. The quantitative estimate of drug-likeness (QED) is 0.698. The molecule has 166 valence electrons. The average molecular weight is 443 g/mol. The number of hydrogen-bond acceptors (Lipinski definition) is 3. The Morgan fingerprint density at radius 1 is 1.06 bits per heavy atom. The first kappa shape index (κ1) is 22.9. The normalized spacial score (nSPS) is 13.3. The molecule has 0 atom stereocenters. The molecule has 2 N–H and O–H groups in total. The van der Waals surface area contributed by atoms with E-state index in [0.29, 0.717) is 18.5 Å². The number of rotatable bonds is 5. The molecule has 0 spiro atoms. The molecule has 0 aromatic heterocycles. The van der Waals surface area contributed by atoms with Gasteiger partial charge in [0.2, 0.25) is 11.8 Å². The number of hydrogen-bond donors (Lipinski definition) is 2. The van der Waals surface area contributed by atoms with Gasteiger partial charge in [-0.25, -0.2) is 0 Å². The molecule has 2 aromatic carbocycles. The lowest BCUT2D eigenvalue weighted by atomic mass is 10.1. The number of anilines is 1. The minimum absolute atomic E-state index is 0.0510. The van der Waals surface area contributed by atoms with Gasteiger partial charge in [-0.1, -0.05) is 17.9 Å². The molecule has 1 aliphatic rings. The summed E-state index contributed by atoms with van der Waals surface area (Å²) in [5.41, 5.74) is 0.455. The molecule has 9 heteroatoms. The summed E-state index contributed by atoms with van der Waals surface area (Å²) < 4.78 is 38.1. The second-order valence-corrected chi connectivity index (χ2v) is 7.04. The fourth-order valence-corrected chi connectivity index (χ4v) is 3.10. The lowest BCUT2D eigenvalue weighted by Crippen LogP contribution is -2.37. The van der Waals surface area contributed by atoms with Crippen molar-refractivity contribution in [2.24, 2.45) is 0 Å². The van der Waals surface area contributed by atoms with Crippen LogP contribution in [0.2, 0.25) is 0 Å². The highest BCUT2D eigenvalue weighted by atomic mass is 19.4. The Morgan fingerprint density at radius 2 is 1.81 bits per heavy atom. The summed E-state index contributed by atoms with van der Waals surface area (Å²) in [5, 5.41) is 4.94. The van der Waals surface area contributed by atoms with Gasteiger partial charge in [0.05, 0.1) is 18.7 Å². The molecule has 32 heavy (non-hydrogen) atoms. The van der Waals surface area contributed by atoms with Crippen molar-refractivity contribution < 1.29 is 27.6 Å². The Morgan fingerprint density at radius 3 is 2.47 bits per heavy atom. The third-order valence-corrected chi connectivity index (χ3v) is 4.72. The van der Waals surface area contributed by atoms with Gasteiger partial charge in [-0.15, -0.1) is 0 Å². The Labute approximate surface area is 182 Å². The molecule has 3 amide bonds. The van der Waals surface area contributed by atoms with E-state index in [1.807, 2.05) is 0 Å². The molecule has 1 fully saturated rings. The van der Waals surface area contributed by atoms with E-state index in [-0.39, 0.29) is 24.6 Å². The van der Waals surface area contributed by atoms with E-state index < -0.39 is 23.6 Å². The highest BCUT2D eigenvalue weighted by molar-refractivity contribution is 5.98. The van der Waals surface area contributed by atoms with E-state index in [1.54, 1.807) is 29.2 Å². The number of carbonyl (C=O) groups is 3. The minimum Gasteiger partial charge on any atom is -0.344 e. The molecule has 3 rings (SSSR count). The summed E-state index contributed by atoms with van der Waals surface area (Å²) >= 11 is 0. The fraction of sp³-hybridized carbons (Fsp3) is 0.261. The van der Waals surface area contributed by atoms with Crippen LogP contribution in [0.15, 0.2) is 48.5 Å². The van der Waals surface area contributed by atoms with Gasteiger partial charge in [-0.2, -0.15) is 13.2 Å². The predicted molar refractivity (Wildman–Crippen MR) is 112 cm³/mol. The molecule has 0 radical (unpaired) electrons. The van der Waals surface area contributed by atoms with E-state index in [9.17, 15) is 27.6 Å². The summed E-state index contributed by atoms with van der Waals surface area (Å²) in [7, 11) is 0. The van der Waals surface area contributed by atoms with Crippen molar-refractivity contribution in [3.05, 3.63) is 65.2 Å². The van der Waals surface area contributed by atoms with Gasteiger partial charge in [-0.3, -0.25) is 14.4 Å². The van der Waals surface area contributed by atoms with Crippen LogP contribution in [0.25, 0.3) is 0 Å². The molecule has 1 heterocycles. The number of nitrogens with one attached hydrogen (secondary N) is 2. The minimum atomic E-state index is -4.45. The molecule has 0 saturated carbocycles. The van der Waals surface area contributed by atoms with Crippen LogP contribution in [-0.4, -0.2) is 37.4 Å². The summed E-state index contributed by atoms with van der Waals surface area (Å²) in [6, 6.07) is 11.1. The SMILES string of the molecule is O=C(CNC(=O)c1ccc(N2CCCC2=O)cc1)NCC#Cc1cccc(C(F)(F)F)c1. The largest absolute Gasteiger partial charge is 0.416 e. The maximum Gasteiger partial charge on any atom is 0.416 e. The number of nitrogens with zero attached hydrogens (tertiary/aromatic N) is 1. The average Bonchev–Trinajstić information content (AvgIpc) is 3.20. The zero-order valence-corrected chi connectivity index (χ0v) is 17.0. The topological polar surface area (TPSA) is 78.5 Å². The van der Waals surface area contributed by atoms with E-state index >= 15 is 0 Å². The second-order valence-electron chi connectivity index (χ2n) is 7.04. The van der Waals surface area contributed by atoms with Crippen LogP contribution in [0.3, 0.4) is 0 Å². The first-order valence-corrected chi connectivity index (χ1v) is 9.85. The Hall–Kier alpha value is -3.80. The van der Waals surface area contributed by atoms with Crippen LogP contribution in [0.5, 0.6) is 0 Å². The molecule has 6 nitrogen and oxygen atoms in total. The first-order chi connectivity index (χ1) is 15.2. The summed E-state index contributed by atoms with van der Waals surface area (Å²) in [4.78, 5) is 37.5. The van der Waals surface area contributed by atoms with Gasteiger partial charge < -0.3 is 15.5 Å². The van der Waals surface area contributed by atoms with Gasteiger partial charge in [0.1, 0.15) is 0 Å². The highest BCUT2D eigenvalue weighted by Gasteiger charge is 2.30. The van der Waals surface area contributed by atoms with E-state index in [0.717, 1.165) is 24.2 Å². The maximum absolute atomic E-state index is 12.7. The summed E-state index contributed by atoms with van der Waals surface area (Å²) in [6.07, 6.45) is -3.13. The van der Waals surface area contributed by atoms with Crippen molar-refractivity contribution in [2.45, 2.75) is 19.0 Å². The van der Waals surface area contributed by atoms with Crippen LogP contribution in [-0.2, 0) is 15.8 Å². The van der Waals surface area contributed by atoms with Crippen LogP contribution in [0, 0.1) is 11.8 Å². The molecule has 1 aliphatic heterocycles. The third kappa shape index (κ3) is 6.11.